The molecule has 2 fully saturated rings. The molecule has 174 valence electrons. The van der Waals surface area contributed by atoms with Gasteiger partial charge in [-0.05, 0) is 43.2 Å². The largest absolute Gasteiger partial charge is 0.381 e. The van der Waals surface area contributed by atoms with Crippen molar-refractivity contribution >= 4 is 5.96 Å². The fraction of sp³-hybridized carbons (Fsp3) is 0.708. The first kappa shape index (κ1) is 24.0. The molecule has 1 aromatic rings. The van der Waals surface area contributed by atoms with Crippen LogP contribution in [0.2, 0.25) is 0 Å². The number of hydrogen-bond acceptors (Lipinski definition) is 5. The summed E-state index contributed by atoms with van der Waals surface area (Å²) in [7, 11) is 0. The summed E-state index contributed by atoms with van der Waals surface area (Å²) in [5.74, 6) is 1.53. The van der Waals surface area contributed by atoms with Gasteiger partial charge in [-0.1, -0.05) is 24.3 Å². The third-order valence-corrected chi connectivity index (χ3v) is 5.72. The van der Waals surface area contributed by atoms with Crippen molar-refractivity contribution in [3.63, 3.8) is 0 Å². The van der Waals surface area contributed by atoms with Crippen LogP contribution in [0.1, 0.15) is 37.3 Å². The molecule has 0 spiro atoms. The highest BCUT2D eigenvalue weighted by Crippen LogP contribution is 2.14. The molecule has 0 saturated carbocycles. The molecule has 0 aromatic heterocycles. The van der Waals surface area contributed by atoms with E-state index in [1.807, 2.05) is 0 Å². The first-order valence-corrected chi connectivity index (χ1v) is 11.9. The summed E-state index contributed by atoms with van der Waals surface area (Å²) < 4.78 is 16.7. The predicted molar refractivity (Wildman–Crippen MR) is 124 cm³/mol. The average Bonchev–Trinajstić information content (AvgIpc) is 2.81. The number of aliphatic imine (C=N–C) groups is 1. The molecule has 31 heavy (non-hydrogen) atoms. The number of rotatable bonds is 11. The SMILES string of the molecule is CCNC(=NCc1cccc(CN2CCOCC2)c1)NCCCOCC1CCOCC1. The predicted octanol–water partition coefficient (Wildman–Crippen LogP) is 2.41. The van der Waals surface area contributed by atoms with Gasteiger partial charge < -0.3 is 24.8 Å². The molecule has 7 heteroatoms. The maximum atomic E-state index is 5.85. The second-order valence-corrected chi connectivity index (χ2v) is 8.31. The lowest BCUT2D eigenvalue weighted by Crippen LogP contribution is -2.38. The summed E-state index contributed by atoms with van der Waals surface area (Å²) in [6.07, 6.45) is 3.23. The van der Waals surface area contributed by atoms with Crippen LogP contribution in [0.4, 0.5) is 0 Å². The van der Waals surface area contributed by atoms with E-state index < -0.39 is 0 Å². The molecule has 0 aliphatic carbocycles. The number of nitrogens with zero attached hydrogens (tertiary/aromatic N) is 2. The van der Waals surface area contributed by atoms with Crippen molar-refractivity contribution < 1.29 is 14.2 Å². The molecule has 2 N–H and O–H groups in total. The summed E-state index contributed by atoms with van der Waals surface area (Å²) in [4.78, 5) is 7.22. The van der Waals surface area contributed by atoms with Gasteiger partial charge in [0.1, 0.15) is 0 Å². The Morgan fingerprint density at radius 2 is 1.87 bits per heavy atom. The number of ether oxygens (including phenoxy) is 3. The number of benzene rings is 1. The van der Waals surface area contributed by atoms with Crippen molar-refractivity contribution in [1.82, 2.24) is 15.5 Å². The van der Waals surface area contributed by atoms with Gasteiger partial charge in [0.05, 0.1) is 19.8 Å². The average molecular weight is 433 g/mol. The Balaban J connectivity index is 1.36. The lowest BCUT2D eigenvalue weighted by molar-refractivity contribution is 0.0203. The van der Waals surface area contributed by atoms with Crippen LogP contribution < -0.4 is 10.6 Å². The molecule has 2 saturated heterocycles. The molecular formula is C24H40N4O3. The highest BCUT2D eigenvalue weighted by Gasteiger charge is 2.13. The molecule has 2 aliphatic heterocycles. The minimum absolute atomic E-state index is 0.666. The van der Waals surface area contributed by atoms with Crippen molar-refractivity contribution in [1.29, 1.82) is 0 Å². The van der Waals surface area contributed by atoms with E-state index >= 15 is 0 Å². The molecule has 0 radical (unpaired) electrons. The van der Waals surface area contributed by atoms with Crippen LogP contribution in [0.15, 0.2) is 29.3 Å². The Morgan fingerprint density at radius 3 is 2.68 bits per heavy atom. The first-order chi connectivity index (χ1) is 15.3. The molecule has 0 bridgehead atoms. The van der Waals surface area contributed by atoms with Crippen LogP contribution in [0, 0.1) is 5.92 Å². The van der Waals surface area contributed by atoms with Gasteiger partial charge in [0.2, 0.25) is 0 Å². The maximum absolute atomic E-state index is 5.85. The summed E-state index contributed by atoms with van der Waals surface area (Å²) >= 11 is 0. The quantitative estimate of drug-likeness (QED) is 0.318. The smallest absolute Gasteiger partial charge is 0.191 e. The van der Waals surface area contributed by atoms with Crippen LogP contribution in [-0.4, -0.2) is 76.7 Å². The number of guanidine groups is 1. The molecule has 2 aliphatic rings. The van der Waals surface area contributed by atoms with E-state index in [9.17, 15) is 0 Å². The van der Waals surface area contributed by atoms with Gasteiger partial charge in [-0.3, -0.25) is 4.90 Å². The summed E-state index contributed by atoms with van der Waals surface area (Å²) in [5.41, 5.74) is 2.58. The van der Waals surface area contributed by atoms with E-state index in [2.05, 4.69) is 46.7 Å². The zero-order valence-corrected chi connectivity index (χ0v) is 19.1. The second kappa shape index (κ2) is 14.4. The molecule has 3 rings (SSSR count). The number of nitrogens with one attached hydrogen (secondary N) is 2. The number of hydrogen-bond donors (Lipinski definition) is 2. The summed E-state index contributed by atoms with van der Waals surface area (Å²) in [6, 6.07) is 8.76. The Kier molecular flexibility index (Phi) is 11.1. The second-order valence-electron chi connectivity index (χ2n) is 8.31. The minimum atomic E-state index is 0.666. The lowest BCUT2D eigenvalue weighted by atomic mass is 10.0. The van der Waals surface area contributed by atoms with Crippen molar-refractivity contribution in [3.8, 4) is 0 Å². The van der Waals surface area contributed by atoms with Gasteiger partial charge in [0.25, 0.3) is 0 Å². The van der Waals surface area contributed by atoms with Gasteiger partial charge in [-0.25, -0.2) is 4.99 Å². The molecule has 7 nitrogen and oxygen atoms in total. The molecule has 0 unspecified atom stereocenters. The standard InChI is InChI=1S/C24H40N4O3/c1-2-25-24(26-9-4-12-31-20-21-7-13-29-14-8-21)27-18-22-5-3-6-23(17-22)19-28-10-15-30-16-11-28/h3,5-6,17,21H,2,4,7-16,18-20H2,1H3,(H2,25,26,27). The van der Waals surface area contributed by atoms with E-state index in [4.69, 9.17) is 19.2 Å². The highest BCUT2D eigenvalue weighted by molar-refractivity contribution is 5.79. The zero-order valence-electron chi connectivity index (χ0n) is 19.1. The van der Waals surface area contributed by atoms with E-state index in [1.165, 1.54) is 11.1 Å². The van der Waals surface area contributed by atoms with E-state index in [-0.39, 0.29) is 0 Å². The highest BCUT2D eigenvalue weighted by atomic mass is 16.5. The fourth-order valence-electron chi connectivity index (χ4n) is 3.90. The monoisotopic (exact) mass is 432 g/mol. The fourth-order valence-corrected chi connectivity index (χ4v) is 3.90. The van der Waals surface area contributed by atoms with Crippen LogP contribution in [0.5, 0.6) is 0 Å². The normalized spacial score (nSPS) is 18.8. The topological polar surface area (TPSA) is 67.4 Å². The Bertz CT molecular complexity index is 643. The zero-order chi connectivity index (χ0) is 21.6. The van der Waals surface area contributed by atoms with E-state index in [0.29, 0.717) is 12.5 Å². The lowest BCUT2D eigenvalue weighted by Gasteiger charge is -2.26. The Hall–Kier alpha value is -1.67. The van der Waals surface area contributed by atoms with Gasteiger partial charge in [0, 0.05) is 59.2 Å². The molecule has 0 atom stereocenters. The Morgan fingerprint density at radius 1 is 1.10 bits per heavy atom. The van der Waals surface area contributed by atoms with Crippen LogP contribution >= 0.6 is 0 Å². The summed E-state index contributed by atoms with van der Waals surface area (Å²) in [5, 5.41) is 6.76. The van der Waals surface area contributed by atoms with Gasteiger partial charge in [0.15, 0.2) is 5.96 Å². The van der Waals surface area contributed by atoms with Crippen LogP contribution in [0.25, 0.3) is 0 Å². The summed E-state index contributed by atoms with van der Waals surface area (Å²) in [6.45, 7) is 12.6. The Labute approximate surface area is 187 Å². The van der Waals surface area contributed by atoms with Crippen LogP contribution in [0.3, 0.4) is 0 Å². The third-order valence-electron chi connectivity index (χ3n) is 5.72. The molecule has 0 amide bonds. The first-order valence-electron chi connectivity index (χ1n) is 11.9. The van der Waals surface area contributed by atoms with Crippen molar-refractivity contribution in [2.45, 2.75) is 39.3 Å². The maximum Gasteiger partial charge on any atom is 0.191 e. The minimum Gasteiger partial charge on any atom is -0.381 e. The van der Waals surface area contributed by atoms with Gasteiger partial charge in [-0.15, -0.1) is 0 Å². The van der Waals surface area contributed by atoms with Crippen molar-refractivity contribution in [2.24, 2.45) is 10.9 Å². The molecule has 2 heterocycles. The van der Waals surface area contributed by atoms with Gasteiger partial charge in [-0.2, -0.15) is 0 Å². The van der Waals surface area contributed by atoms with Crippen LogP contribution in [-0.2, 0) is 27.3 Å². The number of morpholine rings is 1. The van der Waals surface area contributed by atoms with E-state index in [1.54, 1.807) is 0 Å². The van der Waals surface area contributed by atoms with Crippen molar-refractivity contribution in [3.05, 3.63) is 35.4 Å². The van der Waals surface area contributed by atoms with Crippen molar-refractivity contribution in [2.75, 3.05) is 65.8 Å². The van der Waals surface area contributed by atoms with E-state index in [0.717, 1.165) is 97.6 Å². The molecule has 1 aromatic carbocycles. The van der Waals surface area contributed by atoms with Gasteiger partial charge >= 0.3 is 0 Å². The molecular weight excluding hydrogens is 392 g/mol. The third kappa shape index (κ3) is 9.56.